The summed E-state index contributed by atoms with van der Waals surface area (Å²) in [5.74, 6) is -0.116. The number of amides is 2. The number of carboxylic acids is 1. The molecule has 1 aliphatic carbocycles. The summed E-state index contributed by atoms with van der Waals surface area (Å²) in [6, 6.07) is 13.9. The van der Waals surface area contributed by atoms with Crippen LogP contribution in [-0.2, 0) is 15.0 Å². The van der Waals surface area contributed by atoms with E-state index in [1.54, 1.807) is 32.3 Å². The largest absolute Gasteiger partial charge is 0.478 e. The Bertz CT molecular complexity index is 2110. The molecule has 4 aliphatic rings. The van der Waals surface area contributed by atoms with E-state index in [0.29, 0.717) is 65.8 Å². The summed E-state index contributed by atoms with van der Waals surface area (Å²) in [5, 5.41) is 9.77. The van der Waals surface area contributed by atoms with Crippen LogP contribution in [0.15, 0.2) is 48.8 Å². The number of aromatic carboxylic acids is 1. The standard InChI is InChI=1S/C41H48N6O5/c1-24(2)46-23-42-34-21-33(43-37(36(34)46)52-30-9-7-25(3)31(20-30)38(49)50)27-8-10-32-35(17-27)47(29-18-28(19-29)45-14-11-40(5,6)22-45)39(51)41(32)12-15-44(16-13-41)26(4)48/h7-10,17,20-21,23-24,28-29H,11-16,18-19,22H2,1-6H3,(H,49,50)/t28-,29+. The number of pyridine rings is 1. The fourth-order valence-corrected chi connectivity index (χ4v) is 8.98. The Morgan fingerprint density at radius 1 is 0.981 bits per heavy atom. The molecule has 2 saturated heterocycles. The van der Waals surface area contributed by atoms with E-state index in [4.69, 9.17) is 14.7 Å². The Labute approximate surface area is 304 Å². The fraction of sp³-hybridized carbons (Fsp3) is 0.488. The Morgan fingerprint density at radius 3 is 2.38 bits per heavy atom. The second-order valence-corrected chi connectivity index (χ2v) is 16.5. The lowest BCUT2D eigenvalue weighted by molar-refractivity contribution is -0.134. The molecule has 3 fully saturated rings. The van der Waals surface area contributed by atoms with Gasteiger partial charge in [0.2, 0.25) is 17.7 Å². The highest BCUT2D eigenvalue weighted by molar-refractivity contribution is 6.09. The summed E-state index contributed by atoms with van der Waals surface area (Å²) in [6.07, 6.45) is 6.08. The van der Waals surface area contributed by atoms with Gasteiger partial charge in [0.05, 0.1) is 28.5 Å². The summed E-state index contributed by atoms with van der Waals surface area (Å²) >= 11 is 0. The Balaban J connectivity index is 1.19. The van der Waals surface area contributed by atoms with Crippen molar-refractivity contribution in [2.75, 3.05) is 31.1 Å². The van der Waals surface area contributed by atoms with Crippen molar-refractivity contribution in [3.63, 3.8) is 0 Å². The number of imidazole rings is 1. The first-order chi connectivity index (χ1) is 24.7. The molecule has 11 heteroatoms. The zero-order valence-electron chi connectivity index (χ0n) is 31.0. The van der Waals surface area contributed by atoms with E-state index in [9.17, 15) is 19.5 Å². The van der Waals surface area contributed by atoms with Crippen LogP contribution in [0.1, 0.15) is 94.2 Å². The number of carbonyl (C=O) groups excluding carboxylic acids is 2. The molecule has 0 unspecified atom stereocenters. The number of carboxylic acid groups (broad SMARTS) is 1. The van der Waals surface area contributed by atoms with Crippen LogP contribution >= 0.6 is 0 Å². The molecule has 272 valence electrons. The molecule has 8 rings (SSSR count). The molecule has 11 nitrogen and oxygen atoms in total. The van der Waals surface area contributed by atoms with Gasteiger partial charge in [-0.1, -0.05) is 32.0 Å². The normalized spacial score (nSPS) is 22.3. The zero-order valence-corrected chi connectivity index (χ0v) is 31.0. The number of hydrogen-bond acceptors (Lipinski definition) is 7. The molecular formula is C41H48N6O5. The number of carbonyl (C=O) groups is 3. The van der Waals surface area contributed by atoms with Gasteiger partial charge in [0.25, 0.3) is 0 Å². The number of benzene rings is 2. The fourth-order valence-electron chi connectivity index (χ4n) is 8.98. The molecule has 3 aliphatic heterocycles. The maximum absolute atomic E-state index is 14.7. The molecule has 1 spiro atoms. The Hall–Kier alpha value is -4.77. The minimum Gasteiger partial charge on any atom is -0.478 e. The lowest BCUT2D eigenvalue weighted by Gasteiger charge is -2.46. The van der Waals surface area contributed by atoms with Crippen LogP contribution in [0.2, 0.25) is 0 Å². The van der Waals surface area contributed by atoms with Crippen LogP contribution in [-0.4, -0.2) is 85.5 Å². The molecule has 2 aromatic carbocycles. The van der Waals surface area contributed by atoms with Gasteiger partial charge in [0.1, 0.15) is 11.3 Å². The third-order valence-corrected chi connectivity index (χ3v) is 12.2. The summed E-state index contributed by atoms with van der Waals surface area (Å²) < 4.78 is 8.40. The van der Waals surface area contributed by atoms with Crippen LogP contribution in [0.4, 0.5) is 5.69 Å². The van der Waals surface area contributed by atoms with Crippen LogP contribution < -0.4 is 9.64 Å². The smallest absolute Gasteiger partial charge is 0.336 e. The zero-order chi connectivity index (χ0) is 36.7. The van der Waals surface area contributed by atoms with Gasteiger partial charge in [-0.2, -0.15) is 0 Å². The molecule has 1 saturated carbocycles. The first-order valence-electron chi connectivity index (χ1n) is 18.6. The highest BCUT2D eigenvalue weighted by atomic mass is 16.5. The molecule has 4 aromatic rings. The van der Waals surface area contributed by atoms with Gasteiger partial charge in [-0.05, 0) is 100 Å². The summed E-state index contributed by atoms with van der Waals surface area (Å²) in [4.78, 5) is 55.3. The van der Waals surface area contributed by atoms with E-state index in [2.05, 4.69) is 49.6 Å². The summed E-state index contributed by atoms with van der Waals surface area (Å²) in [6.45, 7) is 15.5. The van der Waals surface area contributed by atoms with Gasteiger partial charge in [0, 0.05) is 55.9 Å². The average molecular weight is 705 g/mol. The molecule has 1 N–H and O–H groups in total. The second kappa shape index (κ2) is 12.4. The van der Waals surface area contributed by atoms with Crippen LogP contribution in [0.3, 0.4) is 0 Å². The second-order valence-electron chi connectivity index (χ2n) is 16.5. The molecule has 52 heavy (non-hydrogen) atoms. The molecule has 0 atom stereocenters. The minimum atomic E-state index is -1.02. The monoisotopic (exact) mass is 704 g/mol. The van der Waals surface area contributed by atoms with Gasteiger partial charge in [-0.15, -0.1) is 0 Å². The third kappa shape index (κ3) is 5.64. The molecule has 5 heterocycles. The van der Waals surface area contributed by atoms with Crippen LogP contribution in [0, 0.1) is 12.3 Å². The predicted molar refractivity (Wildman–Crippen MR) is 199 cm³/mol. The molecule has 2 amide bonds. The number of likely N-dealkylation sites (tertiary alicyclic amines) is 2. The van der Waals surface area contributed by atoms with E-state index in [1.165, 1.54) is 12.5 Å². The summed E-state index contributed by atoms with van der Waals surface area (Å²) in [5.41, 5.74) is 5.36. The quantitative estimate of drug-likeness (QED) is 0.219. The SMILES string of the molecule is CC(=O)N1CCC2(CC1)C(=O)N([C@H]1C[C@@H](N3CCC(C)(C)C3)C1)c1cc(-c3cc4ncn(C(C)C)c4c(Oc4ccc(C)c(C(=O)O)c4)n3)ccc12. The van der Waals surface area contributed by atoms with Crippen LogP contribution in [0.5, 0.6) is 11.6 Å². The number of piperidine rings is 1. The Kier molecular flexibility index (Phi) is 8.20. The van der Waals surface area contributed by atoms with Crippen molar-refractivity contribution in [1.29, 1.82) is 0 Å². The van der Waals surface area contributed by atoms with Gasteiger partial charge in [-0.3, -0.25) is 14.5 Å². The van der Waals surface area contributed by atoms with E-state index < -0.39 is 11.4 Å². The topological polar surface area (TPSA) is 121 Å². The number of nitrogens with zero attached hydrogens (tertiary/aromatic N) is 6. The molecule has 2 aromatic heterocycles. The van der Waals surface area contributed by atoms with Crippen LogP contribution in [0.25, 0.3) is 22.3 Å². The predicted octanol–water partition coefficient (Wildman–Crippen LogP) is 6.97. The van der Waals surface area contributed by atoms with Gasteiger partial charge in [0.15, 0.2) is 0 Å². The van der Waals surface area contributed by atoms with Crippen molar-refractivity contribution in [3.8, 4) is 22.9 Å². The number of rotatable bonds is 7. The van der Waals surface area contributed by atoms with Gasteiger partial charge >= 0.3 is 5.97 Å². The molecular weight excluding hydrogens is 656 g/mol. The lowest BCUT2D eigenvalue weighted by atomic mass is 9.73. The highest BCUT2D eigenvalue weighted by Crippen LogP contribution is 2.52. The minimum absolute atomic E-state index is 0.0484. The average Bonchev–Trinajstić information content (AvgIpc) is 3.74. The lowest BCUT2D eigenvalue weighted by Crippen LogP contribution is -2.57. The molecule has 0 bridgehead atoms. The maximum atomic E-state index is 14.7. The van der Waals surface area contributed by atoms with Gasteiger partial charge < -0.3 is 24.2 Å². The van der Waals surface area contributed by atoms with Crippen molar-refractivity contribution < 1.29 is 24.2 Å². The molecule has 0 radical (unpaired) electrons. The number of ether oxygens (including phenoxy) is 1. The van der Waals surface area contributed by atoms with E-state index in [0.717, 1.165) is 48.3 Å². The van der Waals surface area contributed by atoms with E-state index >= 15 is 0 Å². The van der Waals surface area contributed by atoms with Crippen molar-refractivity contribution in [1.82, 2.24) is 24.3 Å². The number of aromatic nitrogens is 3. The highest BCUT2D eigenvalue weighted by Gasteiger charge is 2.56. The summed E-state index contributed by atoms with van der Waals surface area (Å²) in [7, 11) is 0. The first kappa shape index (κ1) is 34.3. The Morgan fingerprint density at radius 2 is 1.73 bits per heavy atom. The van der Waals surface area contributed by atoms with Crippen molar-refractivity contribution in [3.05, 3.63) is 65.5 Å². The maximum Gasteiger partial charge on any atom is 0.336 e. The number of anilines is 1. The van der Waals surface area contributed by atoms with E-state index in [-0.39, 0.29) is 29.5 Å². The first-order valence-corrected chi connectivity index (χ1v) is 18.6. The van der Waals surface area contributed by atoms with E-state index in [1.807, 2.05) is 21.6 Å². The van der Waals surface area contributed by atoms with Gasteiger partial charge in [-0.25, -0.2) is 14.8 Å². The van der Waals surface area contributed by atoms with Crippen molar-refractivity contribution in [2.24, 2.45) is 5.41 Å². The number of fused-ring (bicyclic) bond motifs is 3. The number of hydrogen-bond donors (Lipinski definition) is 1. The number of aryl methyl sites for hydroxylation is 1. The third-order valence-electron chi connectivity index (χ3n) is 12.2. The van der Waals surface area contributed by atoms with Crippen molar-refractivity contribution in [2.45, 2.75) is 97.2 Å². The van der Waals surface area contributed by atoms with Crippen molar-refractivity contribution >= 4 is 34.5 Å².